The third kappa shape index (κ3) is 4.58. The SMILES string of the molecule is CCCC(I)C(I)=C(O)I. The largest absolute Gasteiger partial charge is 0.502 e. The van der Waals surface area contributed by atoms with Crippen LogP contribution in [-0.2, 0) is 0 Å². The van der Waals surface area contributed by atoms with Gasteiger partial charge in [0.15, 0.2) is 3.77 Å². The Morgan fingerprint density at radius 1 is 1.50 bits per heavy atom. The van der Waals surface area contributed by atoms with Gasteiger partial charge in [0.05, 0.1) is 3.58 Å². The molecule has 0 heterocycles. The zero-order valence-corrected chi connectivity index (χ0v) is 12.0. The molecule has 0 aliphatic rings. The van der Waals surface area contributed by atoms with Gasteiger partial charge < -0.3 is 5.11 Å². The number of rotatable bonds is 3. The molecule has 0 bridgehead atoms. The van der Waals surface area contributed by atoms with Crippen LogP contribution >= 0.6 is 67.8 Å². The normalized spacial score (nSPS) is 16.4. The van der Waals surface area contributed by atoms with E-state index in [1.165, 1.54) is 6.42 Å². The number of allylic oxidation sites excluding steroid dienone is 1. The maximum atomic E-state index is 9.07. The highest BCUT2D eigenvalue weighted by Gasteiger charge is 2.09. The van der Waals surface area contributed by atoms with Crippen molar-refractivity contribution in [2.45, 2.75) is 23.7 Å². The van der Waals surface area contributed by atoms with Crippen molar-refractivity contribution in [3.8, 4) is 0 Å². The molecule has 0 fully saturated rings. The minimum atomic E-state index is 0.436. The maximum Gasteiger partial charge on any atom is 0.163 e. The fourth-order valence-corrected chi connectivity index (χ4v) is 2.71. The molecule has 4 heteroatoms. The second-order valence-electron chi connectivity index (χ2n) is 1.89. The zero-order chi connectivity index (χ0) is 8.15. The van der Waals surface area contributed by atoms with E-state index in [0.29, 0.717) is 7.69 Å². The standard InChI is InChI=1S/C6H9I3O/c1-2-3-4(7)5(8)6(9)10/h4,10H,2-3H2,1H3. The quantitative estimate of drug-likeness (QED) is 0.367. The molecule has 0 saturated heterocycles. The Morgan fingerprint density at radius 3 is 2.30 bits per heavy atom. The van der Waals surface area contributed by atoms with Crippen molar-refractivity contribution in [1.82, 2.24) is 0 Å². The molecule has 60 valence electrons. The second-order valence-corrected chi connectivity index (χ2v) is 5.58. The summed E-state index contributed by atoms with van der Waals surface area (Å²) in [6.45, 7) is 2.15. The first-order chi connectivity index (χ1) is 4.59. The van der Waals surface area contributed by atoms with E-state index in [1.54, 1.807) is 0 Å². The first kappa shape index (κ1) is 11.7. The summed E-state index contributed by atoms with van der Waals surface area (Å²) in [5.41, 5.74) is 0. The predicted molar refractivity (Wildman–Crippen MR) is 70.4 cm³/mol. The monoisotopic (exact) mass is 478 g/mol. The molecule has 10 heavy (non-hydrogen) atoms. The molecule has 0 saturated carbocycles. The minimum absolute atomic E-state index is 0.436. The number of alkyl halides is 1. The Hall–Kier alpha value is 1.73. The average Bonchev–Trinajstić information content (AvgIpc) is 1.87. The minimum Gasteiger partial charge on any atom is -0.502 e. The molecule has 0 amide bonds. The number of hydrogen-bond donors (Lipinski definition) is 1. The average molecular weight is 478 g/mol. The predicted octanol–water partition coefficient (Wildman–Crippen LogP) is 4.19. The van der Waals surface area contributed by atoms with Crippen LogP contribution in [0.3, 0.4) is 0 Å². The number of aliphatic hydroxyl groups excluding tert-OH is 1. The van der Waals surface area contributed by atoms with Gasteiger partial charge in [-0.3, -0.25) is 0 Å². The van der Waals surface area contributed by atoms with Gasteiger partial charge in [0.25, 0.3) is 0 Å². The Morgan fingerprint density at radius 2 is 2.00 bits per heavy atom. The Labute approximate surface area is 102 Å². The Bertz CT molecular complexity index is 129. The molecule has 0 rings (SSSR count). The van der Waals surface area contributed by atoms with Crippen LogP contribution in [0.25, 0.3) is 0 Å². The van der Waals surface area contributed by atoms with Crippen molar-refractivity contribution < 1.29 is 5.11 Å². The van der Waals surface area contributed by atoms with Crippen LogP contribution in [0.2, 0.25) is 0 Å². The smallest absolute Gasteiger partial charge is 0.163 e. The molecule has 1 unspecified atom stereocenters. The second kappa shape index (κ2) is 6.27. The van der Waals surface area contributed by atoms with Crippen LogP contribution in [0.5, 0.6) is 0 Å². The van der Waals surface area contributed by atoms with Crippen molar-refractivity contribution in [3.05, 3.63) is 7.35 Å². The first-order valence-corrected chi connectivity index (χ1v) is 6.38. The molecule has 1 nitrogen and oxygen atoms in total. The summed E-state index contributed by atoms with van der Waals surface area (Å²) >= 11 is 6.49. The fraction of sp³-hybridized carbons (Fsp3) is 0.667. The van der Waals surface area contributed by atoms with Crippen molar-refractivity contribution in [2.24, 2.45) is 0 Å². The molecule has 0 radical (unpaired) electrons. The number of hydrogen-bond acceptors (Lipinski definition) is 1. The van der Waals surface area contributed by atoms with Crippen molar-refractivity contribution in [2.75, 3.05) is 0 Å². The highest BCUT2D eigenvalue weighted by atomic mass is 127. The number of halogens is 3. The van der Waals surface area contributed by atoms with Gasteiger partial charge in [-0.25, -0.2) is 0 Å². The molecule has 0 aliphatic carbocycles. The van der Waals surface area contributed by atoms with Crippen molar-refractivity contribution in [3.63, 3.8) is 0 Å². The Kier molecular flexibility index (Phi) is 7.35. The van der Waals surface area contributed by atoms with Gasteiger partial charge in [0, 0.05) is 3.92 Å². The van der Waals surface area contributed by atoms with E-state index >= 15 is 0 Å². The highest BCUT2D eigenvalue weighted by Crippen LogP contribution is 2.28. The van der Waals surface area contributed by atoms with Crippen molar-refractivity contribution in [1.29, 1.82) is 0 Å². The molecule has 0 aliphatic heterocycles. The molecule has 0 aromatic carbocycles. The summed E-state index contributed by atoms with van der Waals surface area (Å²) in [5, 5.41) is 9.07. The lowest BCUT2D eigenvalue weighted by Gasteiger charge is -2.06. The van der Waals surface area contributed by atoms with Crippen LogP contribution in [0.4, 0.5) is 0 Å². The first-order valence-electron chi connectivity index (χ1n) is 2.97. The molecule has 1 N–H and O–H groups in total. The molecule has 0 aromatic rings. The van der Waals surface area contributed by atoms with E-state index in [9.17, 15) is 0 Å². The van der Waals surface area contributed by atoms with Gasteiger partial charge in [0.2, 0.25) is 0 Å². The Balaban J connectivity index is 3.94. The van der Waals surface area contributed by atoms with Gasteiger partial charge in [-0.1, -0.05) is 35.9 Å². The summed E-state index contributed by atoms with van der Waals surface area (Å²) in [6, 6.07) is 0. The lowest BCUT2D eigenvalue weighted by atomic mass is 10.2. The summed E-state index contributed by atoms with van der Waals surface area (Å²) in [4.78, 5) is 0. The van der Waals surface area contributed by atoms with Gasteiger partial charge in [-0.2, -0.15) is 0 Å². The summed E-state index contributed by atoms with van der Waals surface area (Å²) in [6.07, 6.45) is 2.32. The van der Waals surface area contributed by atoms with Crippen LogP contribution < -0.4 is 0 Å². The van der Waals surface area contributed by atoms with Gasteiger partial charge in [-0.15, -0.1) is 0 Å². The number of aliphatic hydroxyl groups is 1. The van der Waals surface area contributed by atoms with E-state index in [1.807, 2.05) is 22.6 Å². The third-order valence-electron chi connectivity index (χ3n) is 1.01. The van der Waals surface area contributed by atoms with E-state index < -0.39 is 0 Å². The molecular formula is C6H9I3O. The molecule has 0 aromatic heterocycles. The van der Waals surface area contributed by atoms with Crippen LogP contribution in [0, 0.1) is 0 Å². The van der Waals surface area contributed by atoms with Crippen LogP contribution in [0.15, 0.2) is 7.35 Å². The van der Waals surface area contributed by atoms with Crippen LogP contribution in [0.1, 0.15) is 19.8 Å². The summed E-state index contributed by atoms with van der Waals surface area (Å²) in [5.74, 6) is 0. The zero-order valence-electron chi connectivity index (χ0n) is 5.57. The molecule has 0 spiro atoms. The summed E-state index contributed by atoms with van der Waals surface area (Å²) in [7, 11) is 0. The fourth-order valence-electron chi connectivity index (χ4n) is 0.509. The van der Waals surface area contributed by atoms with Gasteiger partial charge in [-0.05, 0) is 51.6 Å². The molecule has 1 atom stereocenters. The van der Waals surface area contributed by atoms with Crippen LogP contribution in [-0.4, -0.2) is 9.03 Å². The lowest BCUT2D eigenvalue weighted by Crippen LogP contribution is -1.97. The summed E-state index contributed by atoms with van der Waals surface area (Å²) < 4.78 is 1.99. The topological polar surface area (TPSA) is 20.2 Å². The third-order valence-corrected chi connectivity index (χ3v) is 6.33. The van der Waals surface area contributed by atoms with E-state index in [-0.39, 0.29) is 0 Å². The van der Waals surface area contributed by atoms with E-state index in [4.69, 9.17) is 5.11 Å². The lowest BCUT2D eigenvalue weighted by molar-refractivity contribution is 0.462. The molecular weight excluding hydrogens is 469 g/mol. The van der Waals surface area contributed by atoms with E-state index in [0.717, 1.165) is 10.0 Å². The van der Waals surface area contributed by atoms with Gasteiger partial charge >= 0.3 is 0 Å². The van der Waals surface area contributed by atoms with E-state index in [2.05, 4.69) is 52.1 Å². The van der Waals surface area contributed by atoms with Crippen molar-refractivity contribution >= 4 is 67.8 Å². The van der Waals surface area contributed by atoms with Gasteiger partial charge in [0.1, 0.15) is 0 Å². The highest BCUT2D eigenvalue weighted by molar-refractivity contribution is 14.1. The maximum absolute atomic E-state index is 9.07.